The Morgan fingerprint density at radius 2 is 1.93 bits per heavy atom. The summed E-state index contributed by atoms with van der Waals surface area (Å²) in [5.74, 6) is 0.191. The summed E-state index contributed by atoms with van der Waals surface area (Å²) >= 11 is 4.61. The molecule has 0 saturated carbocycles. The number of nitrogens with zero attached hydrogens (tertiary/aromatic N) is 2. The van der Waals surface area contributed by atoms with Gasteiger partial charge in [0.2, 0.25) is 11.1 Å². The van der Waals surface area contributed by atoms with E-state index in [2.05, 4.69) is 41.7 Å². The normalized spacial score (nSPS) is 10.5. The molecule has 0 unspecified atom stereocenters. The maximum atomic E-state index is 12.0. The predicted molar refractivity (Wildman–Crippen MR) is 113 cm³/mol. The van der Waals surface area contributed by atoms with Crippen LogP contribution in [0.15, 0.2) is 52.1 Å². The van der Waals surface area contributed by atoms with Crippen molar-refractivity contribution in [3.63, 3.8) is 0 Å². The number of benzene rings is 2. The first-order valence-corrected chi connectivity index (χ1v) is 10.2. The van der Waals surface area contributed by atoms with E-state index in [1.807, 2.05) is 50.2 Å². The molecule has 0 aliphatic heterocycles. The Morgan fingerprint density at radius 1 is 1.14 bits per heavy atom. The number of urea groups is 1. The second kappa shape index (κ2) is 9.03. The van der Waals surface area contributed by atoms with Gasteiger partial charge in [-0.3, -0.25) is 15.2 Å². The Kier molecular flexibility index (Phi) is 6.48. The minimum absolute atomic E-state index is 0.0213. The average molecular weight is 460 g/mol. The lowest BCUT2D eigenvalue weighted by Crippen LogP contribution is -2.35. The third-order valence-corrected chi connectivity index (χ3v) is 5.57. The largest absolute Gasteiger partial charge is 0.325 e. The van der Waals surface area contributed by atoms with Crippen molar-refractivity contribution in [3.8, 4) is 11.4 Å². The molecule has 1 heterocycles. The number of halogens is 1. The van der Waals surface area contributed by atoms with Crippen LogP contribution in [0.3, 0.4) is 0 Å². The fourth-order valence-electron chi connectivity index (χ4n) is 2.42. The zero-order valence-electron chi connectivity index (χ0n) is 15.2. The van der Waals surface area contributed by atoms with E-state index in [4.69, 9.17) is 0 Å². The third-order valence-electron chi connectivity index (χ3n) is 4.03. The van der Waals surface area contributed by atoms with E-state index in [0.29, 0.717) is 16.7 Å². The van der Waals surface area contributed by atoms with Gasteiger partial charge in [0, 0.05) is 15.7 Å². The monoisotopic (exact) mass is 459 g/mol. The van der Waals surface area contributed by atoms with Crippen LogP contribution in [0.1, 0.15) is 11.1 Å². The summed E-state index contributed by atoms with van der Waals surface area (Å²) < 4.78 is 0.892. The van der Waals surface area contributed by atoms with E-state index >= 15 is 0 Å². The van der Waals surface area contributed by atoms with Crippen molar-refractivity contribution in [3.05, 3.63) is 58.1 Å². The van der Waals surface area contributed by atoms with Gasteiger partial charge in [-0.15, -0.1) is 5.10 Å². The maximum Gasteiger partial charge on any atom is 0.325 e. The number of aromatic amines is 1. The Bertz CT molecular complexity index is 1020. The molecule has 3 aromatic rings. The number of amides is 3. The number of carbonyl (C=O) groups excluding carboxylic acids is 2. The lowest BCUT2D eigenvalue weighted by Gasteiger charge is -2.10. The van der Waals surface area contributed by atoms with Crippen LogP contribution in [0.5, 0.6) is 0 Å². The molecule has 0 spiro atoms. The van der Waals surface area contributed by atoms with Crippen LogP contribution in [0.4, 0.5) is 10.5 Å². The standard InChI is InChI=1S/C19H18BrN5O2S/c1-11-6-5-9-15(12(11)2)21-18(27)22-16(26)10-28-19-23-17(24-25-19)13-7-3-4-8-14(13)20/h3-9H,10H2,1-2H3,(H,23,24,25)(H2,21,22,26,27). The molecule has 1 aromatic heterocycles. The smallest absolute Gasteiger partial charge is 0.307 e. The zero-order chi connectivity index (χ0) is 20.1. The van der Waals surface area contributed by atoms with Gasteiger partial charge in [0.1, 0.15) is 0 Å². The fraction of sp³-hybridized carbons (Fsp3) is 0.158. The highest BCUT2D eigenvalue weighted by atomic mass is 79.9. The Labute approximate surface area is 174 Å². The van der Waals surface area contributed by atoms with Crippen LogP contribution in [0.2, 0.25) is 0 Å². The number of nitrogens with one attached hydrogen (secondary N) is 3. The SMILES string of the molecule is Cc1cccc(NC(=O)NC(=O)CSc2n[nH]c(-c3ccccc3Br)n2)c1C. The van der Waals surface area contributed by atoms with Crippen molar-refractivity contribution in [2.24, 2.45) is 0 Å². The second-order valence-corrected chi connectivity index (χ2v) is 7.78. The van der Waals surface area contributed by atoms with Gasteiger partial charge in [0.15, 0.2) is 5.82 Å². The number of aryl methyl sites for hydroxylation is 1. The van der Waals surface area contributed by atoms with E-state index < -0.39 is 11.9 Å². The number of rotatable bonds is 5. The van der Waals surface area contributed by atoms with Gasteiger partial charge in [0.25, 0.3) is 0 Å². The first kappa shape index (κ1) is 20.1. The Morgan fingerprint density at radius 3 is 2.71 bits per heavy atom. The van der Waals surface area contributed by atoms with E-state index in [1.165, 1.54) is 0 Å². The zero-order valence-corrected chi connectivity index (χ0v) is 17.6. The third kappa shape index (κ3) is 4.99. The molecule has 144 valence electrons. The van der Waals surface area contributed by atoms with Gasteiger partial charge in [-0.1, -0.05) is 58.0 Å². The van der Waals surface area contributed by atoms with Gasteiger partial charge in [-0.2, -0.15) is 0 Å². The molecule has 0 aliphatic carbocycles. The van der Waals surface area contributed by atoms with Crippen LogP contribution >= 0.6 is 27.7 Å². The van der Waals surface area contributed by atoms with Crippen LogP contribution in [-0.2, 0) is 4.79 Å². The second-order valence-electron chi connectivity index (χ2n) is 5.98. The average Bonchev–Trinajstić information content (AvgIpc) is 3.13. The highest BCUT2D eigenvalue weighted by Crippen LogP contribution is 2.26. The fourth-order valence-corrected chi connectivity index (χ4v) is 3.49. The number of thioether (sulfide) groups is 1. The lowest BCUT2D eigenvalue weighted by atomic mass is 10.1. The number of imide groups is 1. The molecule has 3 amide bonds. The van der Waals surface area contributed by atoms with Gasteiger partial charge >= 0.3 is 6.03 Å². The topological polar surface area (TPSA) is 99.8 Å². The Balaban J connectivity index is 1.53. The molecule has 0 aliphatic rings. The van der Waals surface area contributed by atoms with Crippen molar-refractivity contribution in [1.82, 2.24) is 20.5 Å². The molecule has 0 fully saturated rings. The molecule has 0 saturated heterocycles. The number of carbonyl (C=O) groups is 2. The molecule has 0 bridgehead atoms. The highest BCUT2D eigenvalue weighted by Gasteiger charge is 2.13. The van der Waals surface area contributed by atoms with Gasteiger partial charge in [-0.05, 0) is 37.1 Å². The molecule has 9 heteroatoms. The van der Waals surface area contributed by atoms with E-state index in [-0.39, 0.29) is 5.75 Å². The summed E-state index contributed by atoms with van der Waals surface area (Å²) in [6, 6.07) is 12.7. The van der Waals surface area contributed by atoms with Crippen molar-refractivity contribution in [1.29, 1.82) is 0 Å². The van der Waals surface area contributed by atoms with Gasteiger partial charge in [-0.25, -0.2) is 9.78 Å². The van der Waals surface area contributed by atoms with E-state index in [9.17, 15) is 9.59 Å². The molecule has 28 heavy (non-hydrogen) atoms. The summed E-state index contributed by atoms with van der Waals surface area (Å²) in [7, 11) is 0. The number of hydrogen-bond donors (Lipinski definition) is 3. The predicted octanol–water partition coefficient (Wildman–Crippen LogP) is 4.29. The van der Waals surface area contributed by atoms with Gasteiger partial charge in [0.05, 0.1) is 5.75 Å². The molecular weight excluding hydrogens is 442 g/mol. The summed E-state index contributed by atoms with van der Waals surface area (Å²) in [5, 5.41) is 12.4. The number of H-pyrrole nitrogens is 1. The molecular formula is C19H18BrN5O2S. The van der Waals surface area contributed by atoms with E-state index in [0.717, 1.165) is 32.9 Å². The molecule has 0 atom stereocenters. The number of aromatic nitrogens is 3. The van der Waals surface area contributed by atoms with E-state index in [1.54, 1.807) is 6.07 Å². The molecule has 2 aromatic carbocycles. The minimum atomic E-state index is -0.566. The van der Waals surface area contributed by atoms with Crippen molar-refractivity contribution in [2.75, 3.05) is 11.1 Å². The van der Waals surface area contributed by atoms with Crippen molar-refractivity contribution < 1.29 is 9.59 Å². The van der Waals surface area contributed by atoms with Crippen LogP contribution < -0.4 is 10.6 Å². The Hall–Kier alpha value is -2.65. The quantitative estimate of drug-likeness (QED) is 0.494. The first-order chi connectivity index (χ1) is 13.4. The summed E-state index contributed by atoms with van der Waals surface area (Å²) in [4.78, 5) is 28.4. The van der Waals surface area contributed by atoms with Crippen LogP contribution in [0.25, 0.3) is 11.4 Å². The van der Waals surface area contributed by atoms with Crippen LogP contribution in [-0.4, -0.2) is 32.9 Å². The number of anilines is 1. The molecule has 3 rings (SSSR count). The van der Waals surface area contributed by atoms with Crippen molar-refractivity contribution >= 4 is 45.3 Å². The summed E-state index contributed by atoms with van der Waals surface area (Å²) in [6.45, 7) is 3.87. The lowest BCUT2D eigenvalue weighted by molar-refractivity contribution is -0.117. The first-order valence-electron chi connectivity index (χ1n) is 8.41. The summed E-state index contributed by atoms with van der Waals surface area (Å²) in [6.07, 6.45) is 0. The summed E-state index contributed by atoms with van der Waals surface area (Å²) in [5.41, 5.74) is 3.56. The van der Waals surface area contributed by atoms with Crippen molar-refractivity contribution in [2.45, 2.75) is 19.0 Å². The highest BCUT2D eigenvalue weighted by molar-refractivity contribution is 9.10. The maximum absolute atomic E-state index is 12.0. The molecule has 3 N–H and O–H groups in total. The van der Waals surface area contributed by atoms with Crippen LogP contribution in [0, 0.1) is 13.8 Å². The molecule has 7 nitrogen and oxygen atoms in total. The molecule has 0 radical (unpaired) electrons. The number of hydrogen-bond acceptors (Lipinski definition) is 5. The van der Waals surface area contributed by atoms with Gasteiger partial charge < -0.3 is 5.32 Å². The minimum Gasteiger partial charge on any atom is -0.307 e.